The van der Waals surface area contributed by atoms with Gasteiger partial charge >= 0.3 is 5.97 Å². The molecule has 0 radical (unpaired) electrons. The quantitative estimate of drug-likeness (QED) is 0.340. The maximum atomic E-state index is 10.4. The summed E-state index contributed by atoms with van der Waals surface area (Å²) in [6.45, 7) is 3.06. The van der Waals surface area contributed by atoms with E-state index in [1.54, 1.807) is 0 Å². The van der Waals surface area contributed by atoms with Gasteiger partial charge in [0, 0.05) is 25.2 Å². The van der Waals surface area contributed by atoms with Crippen LogP contribution in [0.2, 0.25) is 0 Å². The van der Waals surface area contributed by atoms with Crippen LogP contribution in [0.4, 0.5) is 5.69 Å². The summed E-state index contributed by atoms with van der Waals surface area (Å²) in [4.78, 5) is 43.8. The van der Waals surface area contributed by atoms with Gasteiger partial charge in [-0.1, -0.05) is 0 Å². The predicted molar refractivity (Wildman–Crippen MR) is 77.7 cm³/mol. The molecule has 1 aromatic rings. The number of hydrogen-bond donors (Lipinski definition) is 4. The van der Waals surface area contributed by atoms with Gasteiger partial charge in [-0.3, -0.25) is 25.7 Å². The van der Waals surface area contributed by atoms with Crippen molar-refractivity contribution in [2.75, 3.05) is 5.43 Å². The Labute approximate surface area is 126 Å². The second-order valence-corrected chi connectivity index (χ2v) is 4.25. The molecule has 9 heteroatoms. The van der Waals surface area contributed by atoms with E-state index in [0.29, 0.717) is 18.5 Å². The van der Waals surface area contributed by atoms with Gasteiger partial charge in [-0.2, -0.15) is 0 Å². The van der Waals surface area contributed by atoms with Gasteiger partial charge in [0.25, 0.3) is 0 Å². The fourth-order valence-electron chi connectivity index (χ4n) is 1.20. The highest BCUT2D eigenvalue weighted by Gasteiger charge is 2.15. The van der Waals surface area contributed by atoms with Crippen LogP contribution >= 0.6 is 0 Å². The van der Waals surface area contributed by atoms with E-state index >= 15 is 0 Å². The van der Waals surface area contributed by atoms with E-state index in [0.717, 1.165) is 0 Å². The Morgan fingerprint density at radius 3 is 2.05 bits per heavy atom. The Bertz CT molecular complexity index is 541. The zero-order valence-electron chi connectivity index (χ0n) is 12.3. The summed E-state index contributed by atoms with van der Waals surface area (Å²) >= 11 is 0. The lowest BCUT2D eigenvalue weighted by molar-refractivity contribution is -0.124. The molecule has 0 saturated carbocycles. The molecule has 1 saturated heterocycles. The Kier molecular flexibility index (Phi) is 8.72. The van der Waals surface area contributed by atoms with E-state index < -0.39 is 5.97 Å². The molecule has 22 heavy (non-hydrogen) atoms. The third-order valence-corrected chi connectivity index (χ3v) is 2.06. The monoisotopic (exact) mass is 310 g/mol. The van der Waals surface area contributed by atoms with Gasteiger partial charge < -0.3 is 15.3 Å². The van der Waals surface area contributed by atoms with Crippen LogP contribution in [-0.4, -0.2) is 33.7 Å². The van der Waals surface area contributed by atoms with E-state index in [-0.39, 0.29) is 23.2 Å². The molecule has 0 atom stereocenters. The maximum Gasteiger partial charge on any atom is 0.339 e. The van der Waals surface area contributed by atoms with E-state index in [1.165, 1.54) is 32.3 Å². The summed E-state index contributed by atoms with van der Waals surface area (Å²) in [5.74, 6) is 3.87. The average molecular weight is 310 g/mol. The zero-order valence-corrected chi connectivity index (χ0v) is 12.3. The van der Waals surface area contributed by atoms with Gasteiger partial charge in [-0.05, 0) is 19.9 Å². The minimum atomic E-state index is -1.05. The number of carboxylic acid groups (broad SMARTS) is 1. The molecule has 5 N–H and O–H groups in total. The summed E-state index contributed by atoms with van der Waals surface area (Å²) in [6, 6.07) is 1.49. The highest BCUT2D eigenvalue weighted by Crippen LogP contribution is 2.10. The maximum absolute atomic E-state index is 10.4. The smallest absolute Gasteiger partial charge is 0.339 e. The second kappa shape index (κ2) is 10.00. The van der Waals surface area contributed by atoms with Crippen LogP contribution < -0.4 is 16.6 Å². The van der Waals surface area contributed by atoms with Crippen molar-refractivity contribution in [1.82, 2.24) is 10.3 Å². The molecule has 2 amide bonds. The minimum absolute atomic E-state index is 0.0648. The molecule has 0 aromatic carbocycles. The van der Waals surface area contributed by atoms with E-state index in [4.69, 9.17) is 10.9 Å². The first-order chi connectivity index (χ1) is 10.3. The number of imide groups is 1. The third kappa shape index (κ3) is 8.38. The lowest BCUT2D eigenvalue weighted by Crippen LogP contribution is -2.18. The molecule has 0 bridgehead atoms. The van der Waals surface area contributed by atoms with Gasteiger partial charge in [0.15, 0.2) is 0 Å². The fraction of sp³-hybridized carbons (Fsp3) is 0.308. The number of hydrazine groups is 1. The van der Waals surface area contributed by atoms with Crippen molar-refractivity contribution in [2.45, 2.75) is 26.7 Å². The molecule has 1 aliphatic rings. The number of amides is 2. The molecule has 1 aromatic heterocycles. The number of aromatic carboxylic acids is 1. The van der Waals surface area contributed by atoms with Crippen LogP contribution in [0.3, 0.4) is 0 Å². The number of rotatable bonds is 2. The highest BCUT2D eigenvalue weighted by molar-refractivity contribution is 6.01. The van der Waals surface area contributed by atoms with Crippen molar-refractivity contribution in [3.8, 4) is 0 Å². The molecule has 120 valence electrons. The largest absolute Gasteiger partial charge is 0.478 e. The molecule has 2 heterocycles. The first-order valence-corrected chi connectivity index (χ1v) is 6.21. The van der Waals surface area contributed by atoms with Gasteiger partial charge in [0.2, 0.25) is 11.8 Å². The number of nitrogens with one attached hydrogen (secondary N) is 2. The van der Waals surface area contributed by atoms with Crippen LogP contribution in [-0.2, 0) is 14.4 Å². The Morgan fingerprint density at radius 2 is 1.77 bits per heavy atom. The summed E-state index contributed by atoms with van der Waals surface area (Å²) in [6.07, 6.45) is 3.44. The van der Waals surface area contributed by atoms with Crippen molar-refractivity contribution in [2.24, 2.45) is 5.84 Å². The van der Waals surface area contributed by atoms with Gasteiger partial charge in [-0.25, -0.2) is 4.79 Å². The Balaban J connectivity index is 0.000000343. The van der Waals surface area contributed by atoms with Crippen LogP contribution in [0.25, 0.3) is 0 Å². The number of anilines is 1. The molecule has 1 aliphatic heterocycles. The molecular formula is C13H18N4O5. The summed E-state index contributed by atoms with van der Waals surface area (Å²) < 4.78 is 0. The lowest BCUT2D eigenvalue weighted by Gasteiger charge is -2.01. The number of nitrogens with zero attached hydrogens (tertiary/aromatic N) is 1. The second-order valence-electron chi connectivity index (χ2n) is 4.25. The van der Waals surface area contributed by atoms with Crippen LogP contribution in [0, 0.1) is 0 Å². The third-order valence-electron chi connectivity index (χ3n) is 2.06. The standard InChI is InChI=1S/C6H7N3O2.C4H5NO2.C3H6O/c7-9-5-1-2-8-3-4(5)6(10)11;6-3-1-2-4(7)5-3;1-3(2)4/h1-3H,7H2,(H,8,9)(H,10,11);1-2H2,(H,5,6,7);1-2H3. The molecule has 0 spiro atoms. The first kappa shape index (κ1) is 19.2. The molecule has 0 aliphatic carbocycles. The zero-order chi connectivity index (χ0) is 17.1. The van der Waals surface area contributed by atoms with Crippen molar-refractivity contribution in [1.29, 1.82) is 0 Å². The van der Waals surface area contributed by atoms with E-state index in [9.17, 15) is 19.2 Å². The number of nitrogens with two attached hydrogens (primary N) is 1. The number of hydrogen-bond acceptors (Lipinski definition) is 7. The molecule has 0 unspecified atom stereocenters. The Morgan fingerprint density at radius 1 is 1.27 bits per heavy atom. The van der Waals surface area contributed by atoms with Crippen LogP contribution in [0.1, 0.15) is 37.0 Å². The highest BCUT2D eigenvalue weighted by atomic mass is 16.4. The Hall–Kier alpha value is -2.81. The number of carbonyl (C=O) groups excluding carboxylic acids is 3. The van der Waals surface area contributed by atoms with Crippen LogP contribution in [0.5, 0.6) is 0 Å². The molecule has 9 nitrogen and oxygen atoms in total. The number of aromatic nitrogens is 1. The lowest BCUT2D eigenvalue weighted by atomic mass is 10.2. The van der Waals surface area contributed by atoms with Gasteiger partial charge in [-0.15, -0.1) is 0 Å². The van der Waals surface area contributed by atoms with Crippen molar-refractivity contribution in [3.63, 3.8) is 0 Å². The van der Waals surface area contributed by atoms with Gasteiger partial charge in [0.05, 0.1) is 5.69 Å². The van der Waals surface area contributed by atoms with E-state index in [2.05, 4.69) is 15.7 Å². The SMILES string of the molecule is CC(C)=O.NNc1ccncc1C(=O)O.O=C1CCC(=O)N1. The normalized spacial score (nSPS) is 12.1. The number of pyridine rings is 1. The predicted octanol–water partition coefficient (Wildman–Crippen LogP) is 0.0837. The minimum Gasteiger partial charge on any atom is -0.478 e. The van der Waals surface area contributed by atoms with E-state index in [1.807, 2.05) is 0 Å². The first-order valence-electron chi connectivity index (χ1n) is 6.21. The summed E-state index contributed by atoms with van der Waals surface area (Å²) in [5.41, 5.74) is 2.68. The summed E-state index contributed by atoms with van der Waals surface area (Å²) in [5, 5.41) is 10.7. The van der Waals surface area contributed by atoms with Crippen molar-refractivity contribution < 1.29 is 24.3 Å². The fourth-order valence-corrected chi connectivity index (χ4v) is 1.20. The molecule has 2 rings (SSSR count). The van der Waals surface area contributed by atoms with Crippen molar-refractivity contribution in [3.05, 3.63) is 24.0 Å². The average Bonchev–Trinajstić information content (AvgIpc) is 2.82. The number of Topliss-reactive ketones (excluding diaryl/α,β-unsaturated/α-hetero) is 1. The number of carboxylic acids is 1. The number of ketones is 1. The van der Waals surface area contributed by atoms with Crippen LogP contribution in [0.15, 0.2) is 18.5 Å². The number of carbonyl (C=O) groups is 4. The molecular weight excluding hydrogens is 292 g/mol. The van der Waals surface area contributed by atoms with Gasteiger partial charge in [0.1, 0.15) is 11.3 Å². The van der Waals surface area contributed by atoms with Crippen molar-refractivity contribution >= 4 is 29.3 Å². The topological polar surface area (TPSA) is 151 Å². The summed E-state index contributed by atoms with van der Waals surface area (Å²) in [7, 11) is 0. The molecule has 1 fully saturated rings. The number of nitrogen functional groups attached to an aromatic ring is 1.